The van der Waals surface area contributed by atoms with Crippen molar-refractivity contribution in [2.75, 3.05) is 19.8 Å². The Kier molecular flexibility index (Phi) is 4.69. The summed E-state index contributed by atoms with van der Waals surface area (Å²) < 4.78 is 32.1. The molecule has 0 amide bonds. The highest BCUT2D eigenvalue weighted by atomic mass is 32.2. The number of aryl methyl sites for hydroxylation is 1. The van der Waals surface area contributed by atoms with Crippen molar-refractivity contribution < 1.29 is 28.2 Å². The molecule has 1 fully saturated rings. The molecule has 21 heavy (non-hydrogen) atoms. The van der Waals surface area contributed by atoms with Crippen molar-refractivity contribution in [2.24, 2.45) is 0 Å². The first kappa shape index (κ1) is 16.4. The van der Waals surface area contributed by atoms with Gasteiger partial charge in [0.15, 0.2) is 0 Å². The molecule has 1 saturated heterocycles. The minimum Gasteiger partial charge on any atom is -0.477 e. The summed E-state index contributed by atoms with van der Waals surface area (Å²) in [6.07, 6.45) is 0.674. The minimum atomic E-state index is -3.98. The second-order valence-corrected chi connectivity index (χ2v) is 7.63. The van der Waals surface area contributed by atoms with Crippen molar-refractivity contribution in [1.29, 1.82) is 0 Å². The number of nitrogens with one attached hydrogen (secondary N) is 1. The monoisotopic (exact) mass is 335 g/mol. The summed E-state index contributed by atoms with van der Waals surface area (Å²) in [7, 11) is -3.98. The van der Waals surface area contributed by atoms with Crippen molar-refractivity contribution in [3.8, 4) is 0 Å². The largest absolute Gasteiger partial charge is 0.477 e. The van der Waals surface area contributed by atoms with Gasteiger partial charge >= 0.3 is 5.97 Å². The first-order chi connectivity index (χ1) is 9.75. The number of carbonyl (C=O) groups is 1. The lowest BCUT2D eigenvalue weighted by atomic mass is 9.95. The Bertz CT molecular complexity index is 630. The molecule has 0 spiro atoms. The zero-order chi connectivity index (χ0) is 15.7. The van der Waals surface area contributed by atoms with Crippen LogP contribution in [0, 0.1) is 6.92 Å². The lowest BCUT2D eigenvalue weighted by Gasteiger charge is -2.32. The predicted octanol–water partition coefficient (Wildman–Crippen LogP) is 0.575. The standard InChI is InChI=1S/C12H17NO6S2/c1-8-6-20-9(11(14)15)10(8)21(17,18)13-7-12(16)2-4-19-5-3-12/h6,13,16H,2-5,7H2,1H3,(H,14,15). The van der Waals surface area contributed by atoms with Crippen LogP contribution >= 0.6 is 11.3 Å². The predicted molar refractivity (Wildman–Crippen MR) is 76.2 cm³/mol. The van der Waals surface area contributed by atoms with Crippen LogP contribution in [0.15, 0.2) is 10.3 Å². The third-order valence-electron chi connectivity index (χ3n) is 3.40. The van der Waals surface area contributed by atoms with Crippen LogP contribution in [0.5, 0.6) is 0 Å². The molecule has 0 bridgehead atoms. The van der Waals surface area contributed by atoms with Gasteiger partial charge in [-0.3, -0.25) is 0 Å². The smallest absolute Gasteiger partial charge is 0.347 e. The molecule has 1 aliphatic rings. The van der Waals surface area contributed by atoms with Gasteiger partial charge in [0.2, 0.25) is 10.0 Å². The molecule has 0 atom stereocenters. The van der Waals surface area contributed by atoms with E-state index in [1.807, 2.05) is 0 Å². The molecule has 2 heterocycles. The van der Waals surface area contributed by atoms with E-state index in [4.69, 9.17) is 9.84 Å². The molecule has 9 heteroatoms. The maximum atomic E-state index is 12.3. The fourth-order valence-electron chi connectivity index (χ4n) is 2.14. The Morgan fingerprint density at radius 1 is 1.48 bits per heavy atom. The van der Waals surface area contributed by atoms with Crippen LogP contribution in [-0.4, -0.2) is 50.0 Å². The van der Waals surface area contributed by atoms with Crippen molar-refractivity contribution in [2.45, 2.75) is 30.3 Å². The summed E-state index contributed by atoms with van der Waals surface area (Å²) in [6, 6.07) is 0. The summed E-state index contributed by atoms with van der Waals surface area (Å²) >= 11 is 0.870. The van der Waals surface area contributed by atoms with Crippen molar-refractivity contribution in [1.82, 2.24) is 4.72 Å². The number of carboxylic acids is 1. The molecule has 1 aromatic heterocycles. The van der Waals surface area contributed by atoms with E-state index in [-0.39, 0.29) is 16.3 Å². The fraction of sp³-hybridized carbons (Fsp3) is 0.583. The Morgan fingerprint density at radius 2 is 2.10 bits per heavy atom. The SMILES string of the molecule is Cc1csc(C(=O)O)c1S(=O)(=O)NCC1(O)CCOCC1. The Balaban J connectivity index is 2.19. The lowest BCUT2D eigenvalue weighted by molar-refractivity contribution is -0.0588. The topological polar surface area (TPSA) is 113 Å². The van der Waals surface area contributed by atoms with Crippen LogP contribution < -0.4 is 4.72 Å². The van der Waals surface area contributed by atoms with Crippen molar-refractivity contribution in [3.63, 3.8) is 0 Å². The zero-order valence-electron chi connectivity index (χ0n) is 11.5. The first-order valence-electron chi connectivity index (χ1n) is 6.36. The van der Waals surface area contributed by atoms with Crippen LogP contribution in [-0.2, 0) is 14.8 Å². The van der Waals surface area contributed by atoms with E-state index in [2.05, 4.69) is 4.72 Å². The quantitative estimate of drug-likeness (QED) is 0.725. The maximum Gasteiger partial charge on any atom is 0.347 e. The Hall–Kier alpha value is -1.00. The van der Waals surface area contributed by atoms with Gasteiger partial charge in [-0.1, -0.05) is 0 Å². The van der Waals surface area contributed by atoms with Crippen molar-refractivity contribution >= 4 is 27.3 Å². The first-order valence-corrected chi connectivity index (χ1v) is 8.73. The second-order valence-electron chi connectivity index (χ2n) is 5.04. The third-order valence-corrected chi connectivity index (χ3v) is 6.20. The van der Waals surface area contributed by atoms with E-state index in [1.165, 1.54) is 5.38 Å². The van der Waals surface area contributed by atoms with Crippen LogP contribution in [0.1, 0.15) is 28.1 Å². The van der Waals surface area contributed by atoms with Gasteiger partial charge in [-0.2, -0.15) is 0 Å². The van der Waals surface area contributed by atoms with E-state index in [1.54, 1.807) is 6.92 Å². The summed E-state index contributed by atoms with van der Waals surface area (Å²) in [6.45, 7) is 2.12. The molecule has 1 aliphatic heterocycles. The van der Waals surface area contributed by atoms with Gasteiger partial charge in [-0.15, -0.1) is 11.3 Å². The Morgan fingerprint density at radius 3 is 2.67 bits per heavy atom. The van der Waals surface area contributed by atoms with Gasteiger partial charge in [0.1, 0.15) is 9.77 Å². The molecule has 3 N–H and O–H groups in total. The number of rotatable bonds is 5. The number of aliphatic hydroxyl groups is 1. The highest BCUT2D eigenvalue weighted by molar-refractivity contribution is 7.89. The van der Waals surface area contributed by atoms with Gasteiger partial charge in [0.05, 0.1) is 5.60 Å². The van der Waals surface area contributed by atoms with Crippen LogP contribution in [0.2, 0.25) is 0 Å². The molecule has 0 aromatic carbocycles. The molecule has 0 saturated carbocycles. The molecule has 0 radical (unpaired) electrons. The van der Waals surface area contributed by atoms with Gasteiger partial charge in [-0.25, -0.2) is 17.9 Å². The number of carboxylic acid groups (broad SMARTS) is 1. The normalized spacial score (nSPS) is 18.6. The molecule has 0 unspecified atom stereocenters. The molecular formula is C12H17NO6S2. The molecular weight excluding hydrogens is 318 g/mol. The molecule has 7 nitrogen and oxygen atoms in total. The van der Waals surface area contributed by atoms with Gasteiger partial charge in [0.25, 0.3) is 0 Å². The number of thiophene rings is 1. The zero-order valence-corrected chi connectivity index (χ0v) is 13.1. The molecule has 118 valence electrons. The third kappa shape index (κ3) is 3.61. The average molecular weight is 335 g/mol. The van der Waals surface area contributed by atoms with Gasteiger partial charge in [-0.05, 0) is 17.9 Å². The number of sulfonamides is 1. The molecule has 0 aliphatic carbocycles. The Labute approximate surface area is 126 Å². The van der Waals surface area contributed by atoms with E-state index in [0.717, 1.165) is 11.3 Å². The lowest BCUT2D eigenvalue weighted by Crippen LogP contribution is -2.46. The van der Waals surface area contributed by atoms with Crippen molar-refractivity contribution in [3.05, 3.63) is 15.8 Å². The van der Waals surface area contributed by atoms with E-state index in [0.29, 0.717) is 31.6 Å². The van der Waals surface area contributed by atoms with Crippen LogP contribution in [0.25, 0.3) is 0 Å². The van der Waals surface area contributed by atoms with Gasteiger partial charge < -0.3 is 14.9 Å². The summed E-state index contributed by atoms with van der Waals surface area (Å²) in [5.74, 6) is -1.28. The summed E-state index contributed by atoms with van der Waals surface area (Å²) in [5.41, 5.74) is -0.776. The highest BCUT2D eigenvalue weighted by Crippen LogP contribution is 2.27. The molecule has 1 aromatic rings. The minimum absolute atomic E-state index is 0.160. The van der Waals surface area contributed by atoms with E-state index in [9.17, 15) is 18.3 Å². The number of hydrogen-bond donors (Lipinski definition) is 3. The van der Waals surface area contributed by atoms with E-state index >= 15 is 0 Å². The fourth-order valence-corrected chi connectivity index (χ4v) is 4.89. The average Bonchev–Trinajstić information content (AvgIpc) is 2.81. The van der Waals surface area contributed by atoms with Crippen LogP contribution in [0.3, 0.4) is 0 Å². The maximum absolute atomic E-state index is 12.3. The van der Waals surface area contributed by atoms with Gasteiger partial charge in [0, 0.05) is 32.6 Å². The second kappa shape index (κ2) is 6.01. The summed E-state index contributed by atoms with van der Waals surface area (Å²) in [5, 5.41) is 20.8. The summed E-state index contributed by atoms with van der Waals surface area (Å²) in [4.78, 5) is 10.7. The number of aromatic carboxylic acids is 1. The molecule has 2 rings (SSSR count). The van der Waals surface area contributed by atoms with E-state index < -0.39 is 21.6 Å². The van der Waals surface area contributed by atoms with Crippen LogP contribution in [0.4, 0.5) is 0 Å². The number of hydrogen-bond acceptors (Lipinski definition) is 6. The number of ether oxygens (including phenoxy) is 1. The highest BCUT2D eigenvalue weighted by Gasteiger charge is 2.33.